The molecule has 0 bridgehead atoms. The first-order valence-electron chi connectivity index (χ1n) is 6.69. The maximum Gasteiger partial charge on any atom is 0.171 e. The van der Waals surface area contributed by atoms with Crippen molar-refractivity contribution in [2.45, 2.75) is 19.4 Å². The SMILES string of the molecule is CCC(COC)NC(=S)Nc1ccc2c(c1)OCCO2. The molecule has 5 nitrogen and oxygen atoms in total. The van der Waals surface area contributed by atoms with E-state index in [0.717, 1.165) is 23.6 Å². The van der Waals surface area contributed by atoms with Crippen LogP contribution in [0.4, 0.5) is 5.69 Å². The van der Waals surface area contributed by atoms with Gasteiger partial charge in [0.15, 0.2) is 16.6 Å². The van der Waals surface area contributed by atoms with Crippen LogP contribution in [0, 0.1) is 0 Å². The summed E-state index contributed by atoms with van der Waals surface area (Å²) in [6, 6.07) is 5.89. The summed E-state index contributed by atoms with van der Waals surface area (Å²) in [7, 11) is 1.68. The monoisotopic (exact) mass is 296 g/mol. The Bertz CT molecular complexity index is 468. The van der Waals surface area contributed by atoms with Crippen molar-refractivity contribution in [3.8, 4) is 11.5 Å². The molecular formula is C14H20N2O3S. The van der Waals surface area contributed by atoms with Crippen molar-refractivity contribution in [2.24, 2.45) is 0 Å². The zero-order chi connectivity index (χ0) is 14.4. The molecule has 0 saturated carbocycles. The predicted octanol–water partition coefficient (Wildman–Crippen LogP) is 2.17. The Hall–Kier alpha value is -1.53. The highest BCUT2D eigenvalue weighted by molar-refractivity contribution is 7.80. The first-order valence-corrected chi connectivity index (χ1v) is 7.10. The van der Waals surface area contributed by atoms with E-state index >= 15 is 0 Å². The van der Waals surface area contributed by atoms with Crippen molar-refractivity contribution in [1.82, 2.24) is 5.32 Å². The fourth-order valence-electron chi connectivity index (χ4n) is 1.94. The fraction of sp³-hybridized carbons (Fsp3) is 0.500. The molecule has 0 aliphatic carbocycles. The average molecular weight is 296 g/mol. The topological polar surface area (TPSA) is 51.8 Å². The van der Waals surface area contributed by atoms with Crippen LogP contribution in [-0.2, 0) is 4.74 Å². The highest BCUT2D eigenvalue weighted by atomic mass is 32.1. The maximum atomic E-state index is 5.54. The van der Waals surface area contributed by atoms with Gasteiger partial charge in [-0.05, 0) is 30.8 Å². The van der Waals surface area contributed by atoms with Crippen LogP contribution >= 0.6 is 12.2 Å². The van der Waals surface area contributed by atoms with E-state index in [-0.39, 0.29) is 6.04 Å². The largest absolute Gasteiger partial charge is 0.486 e. The molecule has 1 atom stereocenters. The Morgan fingerprint density at radius 1 is 1.35 bits per heavy atom. The molecule has 2 N–H and O–H groups in total. The smallest absolute Gasteiger partial charge is 0.171 e. The molecule has 0 aromatic heterocycles. The molecule has 0 amide bonds. The van der Waals surface area contributed by atoms with Gasteiger partial charge in [0.1, 0.15) is 13.2 Å². The van der Waals surface area contributed by atoms with Gasteiger partial charge in [0.05, 0.1) is 12.6 Å². The Kier molecular flexibility index (Phi) is 5.43. The lowest BCUT2D eigenvalue weighted by atomic mass is 10.2. The van der Waals surface area contributed by atoms with E-state index in [9.17, 15) is 0 Å². The van der Waals surface area contributed by atoms with Gasteiger partial charge in [-0.25, -0.2) is 0 Å². The van der Waals surface area contributed by atoms with Gasteiger partial charge in [-0.15, -0.1) is 0 Å². The Morgan fingerprint density at radius 3 is 2.80 bits per heavy atom. The first kappa shape index (κ1) is 14.9. The lowest BCUT2D eigenvalue weighted by Gasteiger charge is -2.21. The van der Waals surface area contributed by atoms with Gasteiger partial charge in [0.2, 0.25) is 0 Å². The molecule has 6 heteroatoms. The van der Waals surface area contributed by atoms with Gasteiger partial charge in [-0.1, -0.05) is 6.92 Å². The summed E-state index contributed by atoms with van der Waals surface area (Å²) in [5, 5.41) is 6.94. The molecule has 0 fully saturated rings. The summed E-state index contributed by atoms with van der Waals surface area (Å²) >= 11 is 5.30. The number of hydrogen-bond donors (Lipinski definition) is 2. The standard InChI is InChI=1S/C14H20N2O3S/c1-3-10(9-17-2)15-14(20)16-11-4-5-12-13(8-11)19-7-6-18-12/h4-5,8,10H,3,6-7,9H2,1-2H3,(H2,15,16,20). The van der Waals surface area contributed by atoms with Gasteiger partial charge in [0, 0.05) is 18.9 Å². The number of nitrogens with one attached hydrogen (secondary N) is 2. The average Bonchev–Trinajstić information content (AvgIpc) is 2.46. The van der Waals surface area contributed by atoms with Crippen LogP contribution in [0.25, 0.3) is 0 Å². The van der Waals surface area contributed by atoms with E-state index < -0.39 is 0 Å². The highest BCUT2D eigenvalue weighted by Crippen LogP contribution is 2.32. The van der Waals surface area contributed by atoms with E-state index in [2.05, 4.69) is 17.6 Å². The minimum Gasteiger partial charge on any atom is -0.486 e. The summed E-state index contributed by atoms with van der Waals surface area (Å²) in [4.78, 5) is 0. The summed E-state index contributed by atoms with van der Waals surface area (Å²) in [6.07, 6.45) is 0.941. The molecule has 0 radical (unpaired) electrons. The second kappa shape index (κ2) is 7.31. The number of rotatable bonds is 5. The van der Waals surface area contributed by atoms with Crippen LogP contribution in [0.5, 0.6) is 11.5 Å². The number of methoxy groups -OCH3 is 1. The molecule has 1 aromatic rings. The van der Waals surface area contributed by atoms with Crippen molar-refractivity contribution >= 4 is 23.0 Å². The van der Waals surface area contributed by atoms with E-state index in [1.54, 1.807) is 7.11 Å². The predicted molar refractivity (Wildman–Crippen MR) is 82.7 cm³/mol. The number of fused-ring (bicyclic) bond motifs is 1. The second-order valence-electron chi connectivity index (χ2n) is 4.52. The van der Waals surface area contributed by atoms with E-state index in [0.29, 0.717) is 24.9 Å². The van der Waals surface area contributed by atoms with Gasteiger partial charge >= 0.3 is 0 Å². The molecule has 110 valence electrons. The molecule has 1 aromatic carbocycles. The van der Waals surface area contributed by atoms with Gasteiger partial charge < -0.3 is 24.8 Å². The third-order valence-corrected chi connectivity index (χ3v) is 3.22. The number of hydrogen-bond acceptors (Lipinski definition) is 4. The van der Waals surface area contributed by atoms with Crippen LogP contribution in [0.2, 0.25) is 0 Å². The van der Waals surface area contributed by atoms with Gasteiger partial charge in [-0.2, -0.15) is 0 Å². The van der Waals surface area contributed by atoms with E-state index in [1.165, 1.54) is 0 Å². The van der Waals surface area contributed by atoms with Crippen LogP contribution in [0.3, 0.4) is 0 Å². The number of ether oxygens (including phenoxy) is 3. The molecule has 1 heterocycles. The molecule has 1 aliphatic heterocycles. The lowest BCUT2D eigenvalue weighted by molar-refractivity contribution is 0.171. The minimum atomic E-state index is 0.206. The summed E-state index contributed by atoms with van der Waals surface area (Å²) in [5.41, 5.74) is 0.874. The summed E-state index contributed by atoms with van der Waals surface area (Å²) in [5.74, 6) is 1.51. The second-order valence-corrected chi connectivity index (χ2v) is 4.93. The number of anilines is 1. The normalized spacial score (nSPS) is 14.5. The van der Waals surface area contributed by atoms with Crippen LogP contribution in [0.15, 0.2) is 18.2 Å². The fourth-order valence-corrected chi connectivity index (χ4v) is 2.22. The summed E-state index contributed by atoms with van der Waals surface area (Å²) < 4.78 is 16.2. The quantitative estimate of drug-likeness (QED) is 0.812. The third-order valence-electron chi connectivity index (χ3n) is 3.00. The van der Waals surface area contributed by atoms with Crippen LogP contribution in [-0.4, -0.2) is 38.1 Å². The van der Waals surface area contributed by atoms with E-state index in [1.807, 2.05) is 18.2 Å². The lowest BCUT2D eigenvalue weighted by Crippen LogP contribution is -2.40. The molecule has 0 saturated heterocycles. The van der Waals surface area contributed by atoms with Gasteiger partial charge in [0.25, 0.3) is 0 Å². The van der Waals surface area contributed by atoms with Crippen molar-refractivity contribution in [3.63, 3.8) is 0 Å². The minimum absolute atomic E-state index is 0.206. The Morgan fingerprint density at radius 2 is 2.10 bits per heavy atom. The molecule has 1 unspecified atom stereocenters. The Balaban J connectivity index is 1.94. The van der Waals surface area contributed by atoms with E-state index in [4.69, 9.17) is 26.4 Å². The summed E-state index contributed by atoms with van der Waals surface area (Å²) in [6.45, 7) is 3.88. The van der Waals surface area contributed by atoms with Crippen molar-refractivity contribution in [2.75, 3.05) is 32.2 Å². The zero-order valence-corrected chi connectivity index (χ0v) is 12.6. The third kappa shape index (κ3) is 3.98. The Labute approximate surface area is 124 Å². The highest BCUT2D eigenvalue weighted by Gasteiger charge is 2.13. The number of thiocarbonyl (C=S) groups is 1. The maximum absolute atomic E-state index is 5.54. The molecule has 1 aliphatic rings. The molecular weight excluding hydrogens is 276 g/mol. The van der Waals surface area contributed by atoms with Crippen molar-refractivity contribution in [3.05, 3.63) is 18.2 Å². The molecule has 2 rings (SSSR count). The molecule has 20 heavy (non-hydrogen) atoms. The van der Waals surface area contributed by atoms with Crippen LogP contribution < -0.4 is 20.1 Å². The zero-order valence-electron chi connectivity index (χ0n) is 11.8. The first-order chi connectivity index (χ1) is 9.72. The van der Waals surface area contributed by atoms with Crippen molar-refractivity contribution in [1.29, 1.82) is 0 Å². The van der Waals surface area contributed by atoms with Gasteiger partial charge in [-0.3, -0.25) is 0 Å². The molecule has 0 spiro atoms. The number of benzene rings is 1. The van der Waals surface area contributed by atoms with Crippen LogP contribution in [0.1, 0.15) is 13.3 Å². The van der Waals surface area contributed by atoms with Crippen molar-refractivity contribution < 1.29 is 14.2 Å².